The molecule has 0 saturated heterocycles. The van der Waals surface area contributed by atoms with Gasteiger partial charge in [0.2, 0.25) is 0 Å². The lowest BCUT2D eigenvalue weighted by Gasteiger charge is -2.04. The zero-order valence-electron chi connectivity index (χ0n) is 9.57. The highest BCUT2D eigenvalue weighted by Crippen LogP contribution is 2.25. The molecular formula is C14H12BrFOS. The number of rotatable bonds is 4. The maximum absolute atomic E-state index is 13.2. The monoisotopic (exact) mass is 326 g/mol. The van der Waals surface area contributed by atoms with Gasteiger partial charge in [-0.3, -0.25) is 0 Å². The Labute approximate surface area is 118 Å². The second-order valence-corrected chi connectivity index (χ2v) is 5.83. The van der Waals surface area contributed by atoms with Crippen molar-refractivity contribution in [2.24, 2.45) is 0 Å². The van der Waals surface area contributed by atoms with Gasteiger partial charge in [0.15, 0.2) is 0 Å². The molecule has 0 saturated carbocycles. The van der Waals surface area contributed by atoms with Crippen molar-refractivity contribution in [3.63, 3.8) is 0 Å². The Kier molecular flexibility index (Phi) is 4.80. The minimum Gasteiger partial charge on any atom is -0.392 e. The number of aliphatic hydroxyl groups is 1. The van der Waals surface area contributed by atoms with Crippen LogP contribution < -0.4 is 0 Å². The number of thioether (sulfide) groups is 1. The van der Waals surface area contributed by atoms with E-state index in [0.717, 1.165) is 26.2 Å². The van der Waals surface area contributed by atoms with Crippen molar-refractivity contribution < 1.29 is 9.50 Å². The van der Waals surface area contributed by atoms with Crippen LogP contribution in [0, 0.1) is 5.82 Å². The maximum atomic E-state index is 13.2. The molecule has 0 aliphatic rings. The van der Waals surface area contributed by atoms with Crippen LogP contribution >= 0.6 is 27.7 Å². The molecule has 1 N–H and O–H groups in total. The number of halogens is 2. The van der Waals surface area contributed by atoms with Crippen LogP contribution in [-0.2, 0) is 12.4 Å². The lowest BCUT2D eigenvalue weighted by atomic mass is 10.2. The molecule has 2 aromatic rings. The van der Waals surface area contributed by atoms with Crippen molar-refractivity contribution in [1.29, 1.82) is 0 Å². The first-order valence-corrected chi connectivity index (χ1v) is 7.23. The van der Waals surface area contributed by atoms with Gasteiger partial charge in [0.1, 0.15) is 5.82 Å². The van der Waals surface area contributed by atoms with E-state index in [1.165, 1.54) is 6.07 Å². The molecule has 0 heterocycles. The highest BCUT2D eigenvalue weighted by Gasteiger charge is 2.01. The zero-order valence-corrected chi connectivity index (χ0v) is 12.0. The fourth-order valence-corrected chi connectivity index (χ4v) is 2.89. The Morgan fingerprint density at radius 2 is 1.78 bits per heavy atom. The van der Waals surface area contributed by atoms with Gasteiger partial charge in [0.25, 0.3) is 0 Å². The minimum absolute atomic E-state index is 0.0573. The number of hydrogen-bond acceptors (Lipinski definition) is 2. The Morgan fingerprint density at radius 1 is 1.06 bits per heavy atom. The molecule has 0 amide bonds. The van der Waals surface area contributed by atoms with Gasteiger partial charge < -0.3 is 5.11 Å². The SMILES string of the molecule is OCc1ccc(SCc2cc(F)cc(Br)c2)cc1. The summed E-state index contributed by atoms with van der Waals surface area (Å²) in [4.78, 5) is 1.10. The molecule has 0 fully saturated rings. The molecule has 0 spiro atoms. The normalized spacial score (nSPS) is 10.6. The topological polar surface area (TPSA) is 20.2 Å². The Hall–Kier alpha value is -0.840. The van der Waals surface area contributed by atoms with Gasteiger partial charge in [-0.2, -0.15) is 0 Å². The standard InChI is InChI=1S/C14H12BrFOS/c15-12-5-11(6-13(16)7-12)9-18-14-3-1-10(8-17)2-4-14/h1-7,17H,8-9H2. The number of hydrogen-bond donors (Lipinski definition) is 1. The molecule has 0 bridgehead atoms. The van der Waals surface area contributed by atoms with E-state index in [-0.39, 0.29) is 12.4 Å². The van der Waals surface area contributed by atoms with Crippen molar-refractivity contribution in [3.8, 4) is 0 Å². The van der Waals surface area contributed by atoms with E-state index in [9.17, 15) is 4.39 Å². The molecule has 4 heteroatoms. The molecule has 18 heavy (non-hydrogen) atoms. The van der Waals surface area contributed by atoms with E-state index in [2.05, 4.69) is 15.9 Å². The average molecular weight is 327 g/mol. The summed E-state index contributed by atoms with van der Waals surface area (Å²) in [7, 11) is 0. The summed E-state index contributed by atoms with van der Waals surface area (Å²) in [6, 6.07) is 12.6. The first-order chi connectivity index (χ1) is 8.67. The van der Waals surface area contributed by atoms with Crippen LogP contribution in [0.5, 0.6) is 0 Å². The highest BCUT2D eigenvalue weighted by atomic mass is 79.9. The van der Waals surface area contributed by atoms with Crippen LogP contribution in [0.15, 0.2) is 51.8 Å². The van der Waals surface area contributed by atoms with Crippen LogP contribution in [0.1, 0.15) is 11.1 Å². The minimum atomic E-state index is -0.226. The molecule has 2 rings (SSSR count). The quantitative estimate of drug-likeness (QED) is 0.842. The van der Waals surface area contributed by atoms with E-state index in [1.54, 1.807) is 17.8 Å². The van der Waals surface area contributed by atoms with E-state index in [0.29, 0.717) is 0 Å². The summed E-state index contributed by atoms with van der Waals surface area (Å²) in [6.45, 7) is 0.0573. The van der Waals surface area contributed by atoms with Crippen LogP contribution in [-0.4, -0.2) is 5.11 Å². The smallest absolute Gasteiger partial charge is 0.124 e. The molecule has 0 unspecified atom stereocenters. The van der Waals surface area contributed by atoms with Crippen LogP contribution in [0.3, 0.4) is 0 Å². The second kappa shape index (κ2) is 6.36. The van der Waals surface area contributed by atoms with E-state index in [4.69, 9.17) is 5.11 Å². The summed E-state index contributed by atoms with van der Waals surface area (Å²) in [5.41, 5.74) is 1.84. The third kappa shape index (κ3) is 3.83. The fraction of sp³-hybridized carbons (Fsp3) is 0.143. The lowest BCUT2D eigenvalue weighted by Crippen LogP contribution is -1.85. The van der Waals surface area contributed by atoms with Crippen molar-refractivity contribution in [2.75, 3.05) is 0 Å². The summed E-state index contributed by atoms with van der Waals surface area (Å²) in [6.07, 6.45) is 0. The summed E-state index contributed by atoms with van der Waals surface area (Å²) >= 11 is 4.92. The lowest BCUT2D eigenvalue weighted by molar-refractivity contribution is 0.282. The molecule has 94 valence electrons. The van der Waals surface area contributed by atoms with Gasteiger partial charge in [0.05, 0.1) is 6.61 Å². The summed E-state index contributed by atoms with van der Waals surface area (Å²) < 4.78 is 13.9. The molecule has 0 aromatic heterocycles. The van der Waals surface area contributed by atoms with Crippen molar-refractivity contribution >= 4 is 27.7 Å². The van der Waals surface area contributed by atoms with Crippen molar-refractivity contribution in [3.05, 3.63) is 63.9 Å². The van der Waals surface area contributed by atoms with E-state index >= 15 is 0 Å². The maximum Gasteiger partial charge on any atom is 0.124 e. The first-order valence-electron chi connectivity index (χ1n) is 5.45. The Bertz CT molecular complexity index is 508. The van der Waals surface area contributed by atoms with Gasteiger partial charge in [0, 0.05) is 15.1 Å². The molecule has 0 radical (unpaired) electrons. The van der Waals surface area contributed by atoms with E-state index in [1.807, 2.05) is 30.3 Å². The summed E-state index contributed by atoms with van der Waals surface area (Å²) in [5, 5.41) is 8.94. The van der Waals surface area contributed by atoms with Gasteiger partial charge in [-0.05, 0) is 41.5 Å². The third-order valence-corrected chi connectivity index (χ3v) is 3.97. The average Bonchev–Trinajstić information content (AvgIpc) is 2.36. The Balaban J connectivity index is 2.01. The highest BCUT2D eigenvalue weighted by molar-refractivity contribution is 9.10. The summed E-state index contributed by atoms with van der Waals surface area (Å²) in [5.74, 6) is 0.491. The van der Waals surface area contributed by atoms with Gasteiger partial charge in [-0.25, -0.2) is 4.39 Å². The van der Waals surface area contributed by atoms with E-state index < -0.39 is 0 Å². The largest absolute Gasteiger partial charge is 0.392 e. The van der Waals surface area contributed by atoms with Crippen molar-refractivity contribution in [1.82, 2.24) is 0 Å². The first kappa shape index (κ1) is 13.6. The van der Waals surface area contributed by atoms with Gasteiger partial charge >= 0.3 is 0 Å². The fourth-order valence-electron chi connectivity index (χ4n) is 1.55. The van der Waals surface area contributed by atoms with Gasteiger partial charge in [-0.1, -0.05) is 28.1 Å². The van der Waals surface area contributed by atoms with Crippen LogP contribution in [0.4, 0.5) is 4.39 Å². The molecule has 1 nitrogen and oxygen atoms in total. The Morgan fingerprint density at radius 3 is 2.39 bits per heavy atom. The third-order valence-electron chi connectivity index (χ3n) is 2.43. The molecule has 2 aromatic carbocycles. The zero-order chi connectivity index (χ0) is 13.0. The van der Waals surface area contributed by atoms with Gasteiger partial charge in [-0.15, -0.1) is 11.8 Å². The molecule has 0 aliphatic carbocycles. The molecule has 0 atom stereocenters. The predicted molar refractivity (Wildman–Crippen MR) is 76.0 cm³/mol. The number of benzene rings is 2. The molecular weight excluding hydrogens is 315 g/mol. The number of aliphatic hydroxyl groups excluding tert-OH is 1. The molecule has 0 aliphatic heterocycles. The van der Waals surface area contributed by atoms with Crippen LogP contribution in [0.25, 0.3) is 0 Å². The second-order valence-electron chi connectivity index (χ2n) is 3.87. The van der Waals surface area contributed by atoms with Crippen LogP contribution in [0.2, 0.25) is 0 Å². The van der Waals surface area contributed by atoms with Crippen molar-refractivity contribution in [2.45, 2.75) is 17.3 Å². The predicted octanol–water partition coefficient (Wildman–Crippen LogP) is 4.37.